The Morgan fingerprint density at radius 1 is 1.00 bits per heavy atom. The predicted octanol–water partition coefficient (Wildman–Crippen LogP) is -0.534. The third kappa shape index (κ3) is 4.94. The highest BCUT2D eigenvalue weighted by Gasteiger charge is 2.47. The van der Waals surface area contributed by atoms with Crippen molar-refractivity contribution < 1.29 is 33.3 Å². The van der Waals surface area contributed by atoms with Gasteiger partial charge in [0, 0.05) is 20.8 Å². The zero-order valence-corrected chi connectivity index (χ0v) is 12.7. The fourth-order valence-electron chi connectivity index (χ4n) is 1.99. The summed E-state index contributed by atoms with van der Waals surface area (Å²) in [6.45, 7) is 3.47. The number of ether oxygens (including phenoxy) is 4. The van der Waals surface area contributed by atoms with Crippen LogP contribution in [0.15, 0.2) is 0 Å². The van der Waals surface area contributed by atoms with Crippen LogP contribution in [0.3, 0.4) is 0 Å². The Morgan fingerprint density at radius 3 is 1.90 bits per heavy atom. The van der Waals surface area contributed by atoms with Crippen LogP contribution in [0.4, 0.5) is 0 Å². The normalized spacial score (nSPS) is 28.3. The minimum Gasteiger partial charge on any atom is -0.456 e. The summed E-state index contributed by atoms with van der Waals surface area (Å²) in [5, 5.41) is 0. The van der Waals surface area contributed by atoms with Gasteiger partial charge in [0.2, 0.25) is 0 Å². The Labute approximate surface area is 126 Å². The number of esters is 3. The van der Waals surface area contributed by atoms with Gasteiger partial charge in [-0.3, -0.25) is 14.4 Å². The van der Waals surface area contributed by atoms with Crippen LogP contribution in [0.2, 0.25) is 0 Å². The molecule has 0 aliphatic carbocycles. The number of carbonyl (C=O) groups excluding carboxylic acids is 3. The number of carbonyl (C=O) groups is 3. The van der Waals surface area contributed by atoms with Gasteiger partial charge in [-0.15, -0.1) is 0 Å². The molecule has 0 amide bonds. The van der Waals surface area contributed by atoms with Crippen molar-refractivity contribution >= 4 is 35.1 Å². The van der Waals surface area contributed by atoms with E-state index in [1.807, 2.05) is 0 Å². The third-order valence-corrected chi connectivity index (χ3v) is 2.86. The van der Waals surface area contributed by atoms with Gasteiger partial charge >= 0.3 is 17.9 Å². The first-order chi connectivity index (χ1) is 9.72. The van der Waals surface area contributed by atoms with Crippen LogP contribution in [0.1, 0.15) is 20.8 Å². The van der Waals surface area contributed by atoms with E-state index >= 15 is 0 Å². The van der Waals surface area contributed by atoms with Crippen molar-refractivity contribution in [2.45, 2.75) is 45.2 Å². The molecule has 0 unspecified atom stereocenters. The molecule has 0 saturated carbocycles. The van der Waals surface area contributed by atoms with Crippen molar-refractivity contribution in [3.05, 3.63) is 0 Å². The monoisotopic (exact) mass is 319 g/mol. The first-order valence-corrected chi connectivity index (χ1v) is 6.55. The van der Waals surface area contributed by atoms with Crippen molar-refractivity contribution in [1.29, 1.82) is 0 Å². The molecule has 0 aromatic heterocycles. The second-order valence-corrected chi connectivity index (χ2v) is 4.92. The molecule has 1 heterocycles. The van der Waals surface area contributed by atoms with Gasteiger partial charge in [-0.2, -0.15) is 0 Å². The Hall–Kier alpha value is -1.74. The van der Waals surface area contributed by atoms with Crippen LogP contribution < -0.4 is 5.73 Å². The molecule has 9 heteroatoms. The number of hydrogen-bond donors (Lipinski definition) is 1. The Bertz CT molecular complexity index is 453. The van der Waals surface area contributed by atoms with Crippen molar-refractivity contribution in [3.63, 3.8) is 0 Å². The minimum atomic E-state index is -1.08. The third-order valence-electron chi connectivity index (χ3n) is 2.63. The average Bonchev–Trinajstić information content (AvgIpc) is 2.31. The van der Waals surface area contributed by atoms with Gasteiger partial charge in [0.15, 0.2) is 18.3 Å². The lowest BCUT2D eigenvalue weighted by Gasteiger charge is -2.40. The van der Waals surface area contributed by atoms with Crippen molar-refractivity contribution in [1.82, 2.24) is 0 Å². The van der Waals surface area contributed by atoms with Gasteiger partial charge in [-0.05, 0) is 0 Å². The highest BCUT2D eigenvalue weighted by Crippen LogP contribution is 2.24. The van der Waals surface area contributed by atoms with Crippen LogP contribution in [0.25, 0.3) is 0 Å². The Kier molecular flexibility index (Phi) is 6.03. The number of nitrogens with two attached hydrogens (primary N) is 1. The predicted molar refractivity (Wildman–Crippen MR) is 73.2 cm³/mol. The average molecular weight is 319 g/mol. The molecule has 1 saturated heterocycles. The highest BCUT2D eigenvalue weighted by atomic mass is 32.1. The van der Waals surface area contributed by atoms with E-state index in [1.54, 1.807) is 0 Å². The molecule has 1 aliphatic rings. The van der Waals surface area contributed by atoms with E-state index in [0.717, 1.165) is 0 Å². The van der Waals surface area contributed by atoms with Crippen LogP contribution in [-0.2, 0) is 33.3 Å². The summed E-state index contributed by atoms with van der Waals surface area (Å²) in [6.07, 6.45) is -3.97. The Balaban J connectivity index is 3.06. The molecule has 8 nitrogen and oxygen atoms in total. The van der Waals surface area contributed by atoms with Gasteiger partial charge < -0.3 is 24.7 Å². The molecule has 2 N–H and O–H groups in total. The van der Waals surface area contributed by atoms with E-state index in [4.69, 9.17) is 36.9 Å². The van der Waals surface area contributed by atoms with Crippen LogP contribution in [0.5, 0.6) is 0 Å². The molecular formula is C12H17NO7S. The lowest BCUT2D eigenvalue weighted by atomic mass is 9.99. The quantitative estimate of drug-likeness (QED) is 0.414. The number of rotatable bonds is 4. The maximum absolute atomic E-state index is 11.2. The molecule has 1 rings (SSSR count). The highest BCUT2D eigenvalue weighted by molar-refractivity contribution is 7.80. The summed E-state index contributed by atoms with van der Waals surface area (Å²) >= 11 is 4.85. The molecular weight excluding hydrogens is 302 g/mol. The molecule has 0 aromatic rings. The maximum atomic E-state index is 11.2. The van der Waals surface area contributed by atoms with Gasteiger partial charge in [0.25, 0.3) is 0 Å². The lowest BCUT2D eigenvalue weighted by molar-refractivity contribution is -0.216. The summed E-state index contributed by atoms with van der Waals surface area (Å²) in [7, 11) is 0. The molecule has 0 aromatic carbocycles. The second-order valence-electron chi connectivity index (χ2n) is 4.45. The van der Waals surface area contributed by atoms with Crippen LogP contribution in [-0.4, -0.2) is 53.9 Å². The number of thiocarbonyl (C=S) groups is 1. The summed E-state index contributed by atoms with van der Waals surface area (Å²) in [5.74, 6) is -1.85. The van der Waals surface area contributed by atoms with Crippen molar-refractivity contribution in [2.24, 2.45) is 5.73 Å². The SMILES string of the molecule is CC(=O)O[C@@H]1[C@@H](OC(C)=O)[C@H](C(N)=S)OC[C@@H]1OC(C)=O. The molecule has 0 bridgehead atoms. The fraction of sp³-hybridized carbons (Fsp3) is 0.667. The maximum Gasteiger partial charge on any atom is 0.303 e. The summed E-state index contributed by atoms with van der Waals surface area (Å²) in [6, 6.07) is 0. The van der Waals surface area contributed by atoms with Gasteiger partial charge in [-0.25, -0.2) is 0 Å². The van der Waals surface area contributed by atoms with E-state index in [2.05, 4.69) is 0 Å². The van der Waals surface area contributed by atoms with Gasteiger partial charge in [-0.1, -0.05) is 12.2 Å². The molecule has 4 atom stereocenters. The van der Waals surface area contributed by atoms with Gasteiger partial charge in [0.05, 0.1) is 6.61 Å². The molecule has 0 spiro atoms. The summed E-state index contributed by atoms with van der Waals surface area (Å²) in [5.41, 5.74) is 5.54. The summed E-state index contributed by atoms with van der Waals surface area (Å²) in [4.78, 5) is 33.5. The topological polar surface area (TPSA) is 114 Å². The lowest BCUT2D eigenvalue weighted by Crippen LogP contribution is -2.60. The standard InChI is InChI=1S/C12H17NO7S/c1-5(14)18-8-4-17-11(12(13)21)10(20-7(3)16)9(8)19-6(2)15/h8-11H,4H2,1-3H3,(H2,13,21)/t8-,9-,10+,11+/m0/s1. The van der Waals surface area contributed by atoms with Crippen LogP contribution >= 0.6 is 12.2 Å². The van der Waals surface area contributed by atoms with E-state index in [0.29, 0.717) is 0 Å². The molecule has 1 aliphatic heterocycles. The molecule has 1 fully saturated rings. The van der Waals surface area contributed by atoms with Crippen molar-refractivity contribution in [3.8, 4) is 0 Å². The van der Waals surface area contributed by atoms with E-state index < -0.39 is 42.3 Å². The molecule has 118 valence electrons. The largest absolute Gasteiger partial charge is 0.456 e. The minimum absolute atomic E-state index is 0.0559. The smallest absolute Gasteiger partial charge is 0.303 e. The van der Waals surface area contributed by atoms with Gasteiger partial charge in [0.1, 0.15) is 11.1 Å². The first kappa shape index (κ1) is 17.3. The Morgan fingerprint density at radius 2 is 1.48 bits per heavy atom. The summed E-state index contributed by atoms with van der Waals surface area (Å²) < 4.78 is 20.6. The first-order valence-electron chi connectivity index (χ1n) is 6.15. The molecule has 21 heavy (non-hydrogen) atoms. The van der Waals surface area contributed by atoms with Crippen molar-refractivity contribution in [2.75, 3.05) is 6.61 Å². The fourth-order valence-corrected chi connectivity index (χ4v) is 2.19. The van der Waals surface area contributed by atoms with E-state index in [1.165, 1.54) is 20.8 Å². The van der Waals surface area contributed by atoms with E-state index in [-0.39, 0.29) is 11.6 Å². The molecule has 0 radical (unpaired) electrons. The number of hydrogen-bond acceptors (Lipinski definition) is 8. The zero-order chi connectivity index (χ0) is 16.2. The van der Waals surface area contributed by atoms with E-state index in [9.17, 15) is 14.4 Å². The zero-order valence-electron chi connectivity index (χ0n) is 11.9. The van der Waals surface area contributed by atoms with Crippen LogP contribution in [0, 0.1) is 0 Å². The second kappa shape index (κ2) is 7.32.